The van der Waals surface area contributed by atoms with Crippen LogP contribution >= 0.6 is 15.9 Å². The molecule has 0 aliphatic rings. The van der Waals surface area contributed by atoms with Gasteiger partial charge in [0.2, 0.25) is 0 Å². The van der Waals surface area contributed by atoms with Crippen molar-refractivity contribution < 1.29 is 0 Å². The van der Waals surface area contributed by atoms with Crippen molar-refractivity contribution in [1.82, 2.24) is 5.43 Å². The normalized spacial score (nSPS) is 12.7. The molecule has 1 atom stereocenters. The van der Waals surface area contributed by atoms with Crippen molar-refractivity contribution in [3.05, 3.63) is 69.2 Å². The second-order valence-electron chi connectivity index (χ2n) is 5.77. The third kappa shape index (κ3) is 3.94. The predicted octanol–water partition coefficient (Wildman–Crippen LogP) is 4.63. The Bertz CT molecular complexity index is 591. The SMILES string of the molecule is Cc1c(Br)cccc1C(Cc1ccc(C(C)C)cc1)NN. The molecule has 0 aliphatic heterocycles. The maximum absolute atomic E-state index is 5.78. The fourth-order valence-electron chi connectivity index (χ4n) is 2.53. The first-order valence-corrected chi connectivity index (χ1v) is 8.12. The molecule has 0 fully saturated rings. The molecule has 0 spiro atoms. The second kappa shape index (κ2) is 7.21. The van der Waals surface area contributed by atoms with Gasteiger partial charge in [0.15, 0.2) is 0 Å². The van der Waals surface area contributed by atoms with E-state index in [1.165, 1.54) is 22.3 Å². The summed E-state index contributed by atoms with van der Waals surface area (Å²) in [4.78, 5) is 0. The Balaban J connectivity index is 2.21. The van der Waals surface area contributed by atoms with E-state index in [9.17, 15) is 0 Å². The van der Waals surface area contributed by atoms with Gasteiger partial charge in [0.25, 0.3) is 0 Å². The molecular formula is C18H23BrN2. The lowest BCUT2D eigenvalue weighted by atomic mass is 9.94. The first-order chi connectivity index (χ1) is 10.0. The molecule has 0 heterocycles. The van der Waals surface area contributed by atoms with Crippen molar-refractivity contribution in [3.63, 3.8) is 0 Å². The van der Waals surface area contributed by atoms with Crippen LogP contribution in [-0.4, -0.2) is 0 Å². The molecule has 2 aromatic carbocycles. The Morgan fingerprint density at radius 1 is 1.10 bits per heavy atom. The molecule has 112 valence electrons. The van der Waals surface area contributed by atoms with E-state index in [0.29, 0.717) is 5.92 Å². The van der Waals surface area contributed by atoms with Crippen LogP contribution in [0, 0.1) is 6.92 Å². The molecule has 0 saturated heterocycles. The summed E-state index contributed by atoms with van der Waals surface area (Å²) in [5.41, 5.74) is 8.09. The number of hydrogen-bond donors (Lipinski definition) is 2. The fourth-order valence-corrected chi connectivity index (χ4v) is 2.92. The zero-order chi connectivity index (χ0) is 15.4. The first kappa shape index (κ1) is 16.2. The van der Waals surface area contributed by atoms with Crippen LogP contribution in [0.3, 0.4) is 0 Å². The molecule has 3 heteroatoms. The highest BCUT2D eigenvalue weighted by Crippen LogP contribution is 2.27. The van der Waals surface area contributed by atoms with Crippen molar-refractivity contribution in [2.24, 2.45) is 5.84 Å². The minimum Gasteiger partial charge on any atom is -0.271 e. The van der Waals surface area contributed by atoms with Gasteiger partial charge >= 0.3 is 0 Å². The minimum absolute atomic E-state index is 0.118. The molecule has 0 radical (unpaired) electrons. The van der Waals surface area contributed by atoms with Gasteiger partial charge in [-0.05, 0) is 47.6 Å². The highest BCUT2D eigenvalue weighted by atomic mass is 79.9. The molecule has 0 bridgehead atoms. The summed E-state index contributed by atoms with van der Waals surface area (Å²) in [5, 5.41) is 0. The van der Waals surface area contributed by atoms with Crippen molar-refractivity contribution in [1.29, 1.82) is 0 Å². The summed E-state index contributed by atoms with van der Waals surface area (Å²) in [6.45, 7) is 6.54. The number of halogens is 1. The molecule has 0 saturated carbocycles. The summed E-state index contributed by atoms with van der Waals surface area (Å²) in [6.07, 6.45) is 0.881. The number of nitrogens with one attached hydrogen (secondary N) is 1. The number of nitrogens with two attached hydrogens (primary N) is 1. The standard InChI is InChI=1S/C18H23BrN2/c1-12(2)15-9-7-14(8-10-15)11-18(21-20)16-5-4-6-17(19)13(16)3/h4-10,12,18,21H,11,20H2,1-3H3. The topological polar surface area (TPSA) is 38.0 Å². The average molecular weight is 347 g/mol. The smallest absolute Gasteiger partial charge is 0.0503 e. The van der Waals surface area contributed by atoms with E-state index < -0.39 is 0 Å². The van der Waals surface area contributed by atoms with Crippen molar-refractivity contribution in [2.75, 3.05) is 0 Å². The van der Waals surface area contributed by atoms with Gasteiger partial charge in [0.1, 0.15) is 0 Å². The van der Waals surface area contributed by atoms with Crippen LogP contribution in [0.15, 0.2) is 46.9 Å². The van der Waals surface area contributed by atoms with Crippen molar-refractivity contribution in [2.45, 2.75) is 39.2 Å². The summed E-state index contributed by atoms with van der Waals surface area (Å²) in [7, 11) is 0. The zero-order valence-corrected chi connectivity index (χ0v) is 14.4. The quantitative estimate of drug-likeness (QED) is 0.611. The molecule has 2 aromatic rings. The monoisotopic (exact) mass is 346 g/mol. The van der Waals surface area contributed by atoms with Gasteiger partial charge in [-0.2, -0.15) is 0 Å². The Kier molecular flexibility index (Phi) is 5.57. The first-order valence-electron chi connectivity index (χ1n) is 7.33. The maximum atomic E-state index is 5.78. The lowest BCUT2D eigenvalue weighted by Crippen LogP contribution is -2.30. The average Bonchev–Trinajstić information content (AvgIpc) is 2.48. The van der Waals surface area contributed by atoms with E-state index in [1.54, 1.807) is 0 Å². The third-order valence-electron chi connectivity index (χ3n) is 3.97. The molecule has 21 heavy (non-hydrogen) atoms. The molecule has 0 aliphatic carbocycles. The van der Waals surface area contributed by atoms with Gasteiger partial charge in [0, 0.05) is 4.47 Å². The zero-order valence-electron chi connectivity index (χ0n) is 12.9. The Hall–Kier alpha value is -1.16. The highest BCUT2D eigenvalue weighted by molar-refractivity contribution is 9.10. The van der Waals surface area contributed by atoms with Crippen LogP contribution in [0.2, 0.25) is 0 Å². The number of hydrazine groups is 1. The van der Waals surface area contributed by atoms with Gasteiger partial charge in [-0.3, -0.25) is 11.3 Å². The van der Waals surface area contributed by atoms with E-state index in [0.717, 1.165) is 10.9 Å². The van der Waals surface area contributed by atoms with Crippen LogP contribution < -0.4 is 11.3 Å². The molecule has 2 nitrogen and oxygen atoms in total. The van der Waals surface area contributed by atoms with Crippen LogP contribution in [-0.2, 0) is 6.42 Å². The minimum atomic E-state index is 0.118. The van der Waals surface area contributed by atoms with Gasteiger partial charge < -0.3 is 0 Å². The molecule has 3 N–H and O–H groups in total. The van der Waals surface area contributed by atoms with Gasteiger partial charge in [-0.15, -0.1) is 0 Å². The summed E-state index contributed by atoms with van der Waals surface area (Å²) in [6, 6.07) is 15.2. The number of benzene rings is 2. The van der Waals surface area contributed by atoms with Crippen LogP contribution in [0.1, 0.15) is 48.1 Å². The van der Waals surface area contributed by atoms with Crippen LogP contribution in [0.25, 0.3) is 0 Å². The molecule has 2 rings (SSSR count). The molecule has 1 unspecified atom stereocenters. The van der Waals surface area contributed by atoms with Crippen LogP contribution in [0.4, 0.5) is 0 Å². The van der Waals surface area contributed by atoms with Gasteiger partial charge in [-0.1, -0.05) is 66.2 Å². The summed E-state index contributed by atoms with van der Waals surface area (Å²) < 4.78 is 1.12. The van der Waals surface area contributed by atoms with E-state index in [1.807, 2.05) is 0 Å². The lowest BCUT2D eigenvalue weighted by molar-refractivity contribution is 0.549. The Morgan fingerprint density at radius 3 is 2.33 bits per heavy atom. The van der Waals surface area contributed by atoms with Gasteiger partial charge in [-0.25, -0.2) is 0 Å². The third-order valence-corrected chi connectivity index (χ3v) is 4.83. The van der Waals surface area contributed by atoms with Gasteiger partial charge in [0.05, 0.1) is 6.04 Å². The van der Waals surface area contributed by atoms with E-state index >= 15 is 0 Å². The molecular weight excluding hydrogens is 324 g/mol. The van der Waals surface area contributed by atoms with Crippen molar-refractivity contribution >= 4 is 15.9 Å². The molecule has 0 amide bonds. The lowest BCUT2D eigenvalue weighted by Gasteiger charge is -2.20. The summed E-state index contributed by atoms with van der Waals surface area (Å²) in [5.74, 6) is 6.35. The largest absolute Gasteiger partial charge is 0.271 e. The van der Waals surface area contributed by atoms with Crippen LogP contribution in [0.5, 0.6) is 0 Å². The van der Waals surface area contributed by atoms with E-state index in [-0.39, 0.29) is 6.04 Å². The van der Waals surface area contributed by atoms with E-state index in [4.69, 9.17) is 5.84 Å². The predicted molar refractivity (Wildman–Crippen MR) is 93.2 cm³/mol. The summed E-state index contributed by atoms with van der Waals surface area (Å²) >= 11 is 3.59. The Labute approximate surface area is 135 Å². The van der Waals surface area contributed by atoms with Crippen molar-refractivity contribution in [3.8, 4) is 0 Å². The number of rotatable bonds is 5. The highest BCUT2D eigenvalue weighted by Gasteiger charge is 2.14. The van der Waals surface area contributed by atoms with E-state index in [2.05, 4.69) is 84.6 Å². The fraction of sp³-hybridized carbons (Fsp3) is 0.333. The Morgan fingerprint density at radius 2 is 1.76 bits per heavy atom. The molecule has 0 aromatic heterocycles. The number of hydrogen-bond acceptors (Lipinski definition) is 2. The second-order valence-corrected chi connectivity index (χ2v) is 6.63. The maximum Gasteiger partial charge on any atom is 0.0503 e.